The van der Waals surface area contributed by atoms with Gasteiger partial charge >= 0.3 is 6.18 Å². The largest absolute Gasteiger partial charge is 0.432 e. The van der Waals surface area contributed by atoms with Crippen molar-refractivity contribution in [2.24, 2.45) is 0 Å². The maximum absolute atomic E-state index is 12.4. The minimum absolute atomic E-state index is 0.162. The van der Waals surface area contributed by atoms with Crippen LogP contribution in [0.2, 0.25) is 0 Å². The predicted octanol–water partition coefficient (Wildman–Crippen LogP) is 1.12. The molecule has 2 rings (SSSR count). The molecule has 0 saturated carbocycles. The molecule has 2 heterocycles. The highest BCUT2D eigenvalue weighted by Crippen LogP contribution is 2.27. The Bertz CT molecular complexity index is 414. The normalized spacial score (nSPS) is 18.9. The number of hydrogen-bond donors (Lipinski definition) is 2. The van der Waals surface area contributed by atoms with Crippen molar-refractivity contribution < 1.29 is 13.2 Å². The summed E-state index contributed by atoms with van der Waals surface area (Å²) in [7, 11) is 0. The minimum atomic E-state index is -4.49. The Morgan fingerprint density at radius 1 is 1.31 bits per heavy atom. The standard InChI is InChI=1S/C9H12F3N3O/c10-9(11,12)7-5-8(16)15(14-7)6-1-3-13-4-2-6/h5-6,13-14H,1-4H2. The Kier molecular flexibility index (Phi) is 2.79. The third-order valence-electron chi connectivity index (χ3n) is 2.73. The lowest BCUT2D eigenvalue weighted by Crippen LogP contribution is -2.33. The van der Waals surface area contributed by atoms with Crippen LogP contribution in [-0.4, -0.2) is 22.9 Å². The first-order valence-electron chi connectivity index (χ1n) is 5.08. The zero-order valence-corrected chi connectivity index (χ0v) is 8.47. The van der Waals surface area contributed by atoms with Gasteiger partial charge in [-0.25, -0.2) is 4.68 Å². The SMILES string of the molecule is O=c1cc(C(F)(F)F)[nH]n1C1CCNCC1. The Labute approximate surface area is 89.4 Å². The van der Waals surface area contributed by atoms with Crippen molar-refractivity contribution >= 4 is 0 Å². The summed E-state index contributed by atoms with van der Waals surface area (Å²) in [6, 6.07) is 0.451. The second kappa shape index (κ2) is 3.97. The van der Waals surface area contributed by atoms with Crippen molar-refractivity contribution in [1.82, 2.24) is 15.1 Å². The first kappa shape index (κ1) is 11.3. The highest BCUT2D eigenvalue weighted by Gasteiger charge is 2.34. The molecule has 7 heteroatoms. The highest BCUT2D eigenvalue weighted by atomic mass is 19.4. The molecule has 90 valence electrons. The van der Waals surface area contributed by atoms with Crippen LogP contribution in [0.5, 0.6) is 0 Å². The molecule has 0 aromatic carbocycles. The maximum Gasteiger partial charge on any atom is 0.432 e. The van der Waals surface area contributed by atoms with Crippen LogP contribution in [0.3, 0.4) is 0 Å². The van der Waals surface area contributed by atoms with Crippen molar-refractivity contribution in [3.8, 4) is 0 Å². The Hall–Kier alpha value is -1.24. The highest BCUT2D eigenvalue weighted by molar-refractivity contribution is 5.04. The maximum atomic E-state index is 12.4. The number of aromatic nitrogens is 2. The summed E-state index contributed by atoms with van der Waals surface area (Å²) in [5.74, 6) is 0. The molecule has 1 fully saturated rings. The quantitative estimate of drug-likeness (QED) is 0.766. The van der Waals surface area contributed by atoms with Gasteiger partial charge in [0.1, 0.15) is 5.69 Å². The van der Waals surface area contributed by atoms with E-state index in [4.69, 9.17) is 0 Å². The molecule has 0 atom stereocenters. The number of alkyl halides is 3. The summed E-state index contributed by atoms with van der Waals surface area (Å²) < 4.78 is 38.1. The van der Waals surface area contributed by atoms with Crippen LogP contribution < -0.4 is 10.9 Å². The van der Waals surface area contributed by atoms with Crippen LogP contribution in [0.4, 0.5) is 13.2 Å². The Morgan fingerprint density at radius 2 is 1.94 bits per heavy atom. The Morgan fingerprint density at radius 3 is 2.44 bits per heavy atom. The molecule has 0 amide bonds. The minimum Gasteiger partial charge on any atom is -0.317 e. The van der Waals surface area contributed by atoms with Gasteiger partial charge in [0.15, 0.2) is 0 Å². The number of halogens is 3. The fraction of sp³-hybridized carbons (Fsp3) is 0.667. The van der Waals surface area contributed by atoms with Crippen LogP contribution in [0.1, 0.15) is 24.6 Å². The van der Waals surface area contributed by atoms with E-state index in [9.17, 15) is 18.0 Å². The molecule has 0 aliphatic carbocycles. The van der Waals surface area contributed by atoms with E-state index in [0.29, 0.717) is 18.9 Å². The number of rotatable bonds is 1. The molecular weight excluding hydrogens is 223 g/mol. The van der Waals surface area contributed by atoms with Crippen LogP contribution in [0.15, 0.2) is 10.9 Å². The monoisotopic (exact) mass is 235 g/mol. The molecule has 4 nitrogen and oxygen atoms in total. The van der Waals surface area contributed by atoms with Gasteiger partial charge in [-0.15, -0.1) is 0 Å². The van der Waals surface area contributed by atoms with E-state index >= 15 is 0 Å². The van der Waals surface area contributed by atoms with E-state index in [1.807, 2.05) is 0 Å². The van der Waals surface area contributed by atoms with Crippen LogP contribution in [-0.2, 0) is 6.18 Å². The molecule has 1 aliphatic rings. The lowest BCUT2D eigenvalue weighted by Gasteiger charge is -2.23. The van der Waals surface area contributed by atoms with Gasteiger partial charge in [-0.05, 0) is 25.9 Å². The summed E-state index contributed by atoms with van der Waals surface area (Å²) in [5, 5.41) is 5.23. The van der Waals surface area contributed by atoms with Gasteiger partial charge in [-0.1, -0.05) is 0 Å². The number of nitrogens with zero attached hydrogens (tertiary/aromatic N) is 1. The molecule has 0 bridgehead atoms. The molecule has 0 radical (unpaired) electrons. The van der Waals surface area contributed by atoms with Gasteiger partial charge < -0.3 is 5.32 Å². The third-order valence-corrected chi connectivity index (χ3v) is 2.73. The number of hydrogen-bond acceptors (Lipinski definition) is 2. The number of aromatic amines is 1. The average molecular weight is 235 g/mol. The summed E-state index contributed by atoms with van der Waals surface area (Å²) >= 11 is 0. The lowest BCUT2D eigenvalue weighted by atomic mass is 10.1. The van der Waals surface area contributed by atoms with E-state index in [2.05, 4.69) is 10.4 Å². The van der Waals surface area contributed by atoms with Gasteiger partial charge in [0.25, 0.3) is 5.56 Å². The summed E-state index contributed by atoms with van der Waals surface area (Å²) in [4.78, 5) is 11.4. The van der Waals surface area contributed by atoms with E-state index < -0.39 is 17.4 Å². The third kappa shape index (κ3) is 2.13. The molecule has 0 unspecified atom stereocenters. The zero-order valence-electron chi connectivity index (χ0n) is 8.47. The molecule has 1 aromatic rings. The predicted molar refractivity (Wildman–Crippen MR) is 51.2 cm³/mol. The van der Waals surface area contributed by atoms with E-state index in [1.54, 1.807) is 0 Å². The van der Waals surface area contributed by atoms with Crippen molar-refractivity contribution in [1.29, 1.82) is 0 Å². The summed E-state index contributed by atoms with van der Waals surface area (Å²) in [5.41, 5.74) is -1.59. The molecule has 2 N–H and O–H groups in total. The first-order valence-corrected chi connectivity index (χ1v) is 5.08. The molecule has 0 spiro atoms. The van der Waals surface area contributed by atoms with Gasteiger partial charge in [0, 0.05) is 6.07 Å². The average Bonchev–Trinajstić information content (AvgIpc) is 2.61. The van der Waals surface area contributed by atoms with E-state index in [1.165, 1.54) is 0 Å². The van der Waals surface area contributed by atoms with Gasteiger partial charge in [-0.3, -0.25) is 9.89 Å². The fourth-order valence-electron chi connectivity index (χ4n) is 1.89. The Balaban J connectivity index is 2.28. The topological polar surface area (TPSA) is 49.8 Å². The molecule has 1 saturated heterocycles. The summed E-state index contributed by atoms with van der Waals surface area (Å²) in [6.07, 6.45) is -3.16. The van der Waals surface area contributed by atoms with Crippen molar-refractivity contribution in [2.75, 3.05) is 13.1 Å². The second-order valence-electron chi connectivity index (χ2n) is 3.86. The number of nitrogens with one attached hydrogen (secondary N) is 2. The first-order chi connectivity index (χ1) is 7.48. The van der Waals surface area contributed by atoms with E-state index in [-0.39, 0.29) is 6.04 Å². The van der Waals surface area contributed by atoms with Crippen LogP contribution in [0.25, 0.3) is 0 Å². The van der Waals surface area contributed by atoms with Gasteiger partial charge in [0.2, 0.25) is 0 Å². The number of H-pyrrole nitrogens is 1. The van der Waals surface area contributed by atoms with Crippen molar-refractivity contribution in [3.63, 3.8) is 0 Å². The van der Waals surface area contributed by atoms with Crippen molar-refractivity contribution in [2.45, 2.75) is 25.1 Å². The molecule has 1 aromatic heterocycles. The van der Waals surface area contributed by atoms with Crippen LogP contribution in [0, 0.1) is 0 Å². The van der Waals surface area contributed by atoms with Gasteiger partial charge in [0.05, 0.1) is 6.04 Å². The molecular formula is C9H12F3N3O. The smallest absolute Gasteiger partial charge is 0.317 e. The lowest BCUT2D eigenvalue weighted by molar-refractivity contribution is -0.141. The van der Waals surface area contributed by atoms with Crippen molar-refractivity contribution in [3.05, 3.63) is 22.1 Å². The van der Waals surface area contributed by atoms with E-state index in [0.717, 1.165) is 17.8 Å². The number of piperidine rings is 1. The summed E-state index contributed by atoms with van der Waals surface area (Å²) in [6.45, 7) is 1.44. The second-order valence-corrected chi connectivity index (χ2v) is 3.86. The molecule has 16 heavy (non-hydrogen) atoms. The fourth-order valence-corrected chi connectivity index (χ4v) is 1.89. The zero-order chi connectivity index (χ0) is 11.8. The molecule has 1 aliphatic heterocycles. The van der Waals surface area contributed by atoms with Gasteiger partial charge in [-0.2, -0.15) is 13.2 Å². The van der Waals surface area contributed by atoms with Crippen LogP contribution >= 0.6 is 0 Å².